The molecule has 0 unspecified atom stereocenters. The highest BCUT2D eigenvalue weighted by Gasteiger charge is 2.14. The van der Waals surface area contributed by atoms with Crippen LogP contribution in [-0.4, -0.2) is 18.1 Å². The lowest BCUT2D eigenvalue weighted by molar-refractivity contribution is 0.477. The summed E-state index contributed by atoms with van der Waals surface area (Å²) >= 11 is 0. The molecule has 62 valence electrons. The highest BCUT2D eigenvalue weighted by Crippen LogP contribution is 2.22. The summed E-state index contributed by atoms with van der Waals surface area (Å²) in [6.45, 7) is 0.459. The van der Waals surface area contributed by atoms with E-state index >= 15 is 0 Å². The minimum absolute atomic E-state index is 0.388. The van der Waals surface area contributed by atoms with E-state index in [2.05, 4.69) is 6.08 Å². The zero-order valence-electron chi connectivity index (χ0n) is 6.70. The van der Waals surface area contributed by atoms with Gasteiger partial charge >= 0.3 is 0 Å². The first-order chi connectivity index (χ1) is 5.92. The summed E-state index contributed by atoms with van der Waals surface area (Å²) in [4.78, 5) is 2.04. The zero-order valence-corrected chi connectivity index (χ0v) is 6.70. The van der Waals surface area contributed by atoms with E-state index in [4.69, 9.17) is 0 Å². The third-order valence-corrected chi connectivity index (χ3v) is 2.04. The average Bonchev–Trinajstić information content (AvgIpc) is 2.17. The van der Waals surface area contributed by atoms with Crippen molar-refractivity contribution in [3.63, 3.8) is 0 Å². The summed E-state index contributed by atoms with van der Waals surface area (Å²) in [5, 5.41) is 0. The number of rotatable bonds is 1. The summed E-state index contributed by atoms with van der Waals surface area (Å²) < 4.78 is 12.5. The monoisotopic (exact) mass is 163 g/mol. The van der Waals surface area contributed by atoms with Crippen molar-refractivity contribution in [3.8, 4) is 0 Å². The fraction of sp³-hybridized carbons (Fsp3) is 0.200. The van der Waals surface area contributed by atoms with Gasteiger partial charge in [-0.2, -0.15) is 0 Å². The number of fused-ring (bicyclic) bond motifs is 1. The minimum Gasteiger partial charge on any atom is -0.344 e. The molecule has 0 aromatic rings. The van der Waals surface area contributed by atoms with Crippen LogP contribution in [0.2, 0.25) is 0 Å². The van der Waals surface area contributed by atoms with Crippen LogP contribution in [-0.2, 0) is 0 Å². The number of hydrogen-bond donors (Lipinski definition) is 0. The van der Waals surface area contributed by atoms with E-state index in [1.165, 1.54) is 0 Å². The Balaban J connectivity index is 2.35. The second-order valence-electron chi connectivity index (χ2n) is 2.80. The quantitative estimate of drug-likeness (QED) is 0.572. The normalized spacial score (nSPS) is 20.2. The van der Waals surface area contributed by atoms with Crippen molar-refractivity contribution in [1.29, 1.82) is 0 Å². The maximum absolute atomic E-state index is 12.5. The Bertz CT molecular complexity index is 297. The summed E-state index contributed by atoms with van der Waals surface area (Å²) in [5.41, 5.74) is 1.75. The van der Waals surface area contributed by atoms with E-state index in [-0.39, 0.29) is 6.67 Å². The van der Waals surface area contributed by atoms with E-state index in [1.54, 1.807) is 0 Å². The smallest absolute Gasteiger partial charge is 0.117 e. The molecule has 0 bridgehead atoms. The molecule has 0 fully saturated rings. The predicted molar refractivity (Wildman–Crippen MR) is 47.1 cm³/mol. The van der Waals surface area contributed by atoms with Crippen molar-refractivity contribution in [2.24, 2.45) is 0 Å². The molecule has 0 saturated carbocycles. The average molecular weight is 163 g/mol. The van der Waals surface area contributed by atoms with Gasteiger partial charge in [-0.3, -0.25) is 0 Å². The lowest BCUT2D eigenvalue weighted by Gasteiger charge is -2.27. The number of hydrogen-bond acceptors (Lipinski definition) is 1. The van der Waals surface area contributed by atoms with Crippen LogP contribution in [0, 0.1) is 0 Å². The molecule has 0 N–H and O–H groups in total. The number of allylic oxidation sites excluding steroid dienone is 5. The van der Waals surface area contributed by atoms with Crippen molar-refractivity contribution in [2.45, 2.75) is 0 Å². The molecule has 2 aliphatic rings. The molecule has 0 aliphatic carbocycles. The summed E-state index contributed by atoms with van der Waals surface area (Å²) in [7, 11) is 0. The molecule has 12 heavy (non-hydrogen) atoms. The van der Waals surface area contributed by atoms with E-state index in [0.29, 0.717) is 0 Å². The van der Waals surface area contributed by atoms with Gasteiger partial charge in [0.15, 0.2) is 0 Å². The van der Waals surface area contributed by atoms with Crippen LogP contribution in [0.3, 0.4) is 0 Å². The fourth-order valence-corrected chi connectivity index (χ4v) is 1.42. The van der Waals surface area contributed by atoms with Gasteiger partial charge in [0.25, 0.3) is 0 Å². The van der Waals surface area contributed by atoms with Crippen LogP contribution in [0.15, 0.2) is 47.9 Å². The molecule has 2 heteroatoms. The summed E-state index contributed by atoms with van der Waals surface area (Å²) in [5.74, 6) is 0. The molecule has 0 spiro atoms. The molecule has 2 rings (SSSR count). The number of halogens is 1. The van der Waals surface area contributed by atoms with Gasteiger partial charge in [0.2, 0.25) is 0 Å². The topological polar surface area (TPSA) is 3.24 Å². The first kappa shape index (κ1) is 7.35. The van der Waals surface area contributed by atoms with Crippen molar-refractivity contribution in [3.05, 3.63) is 47.9 Å². The van der Waals surface area contributed by atoms with Crippen LogP contribution >= 0.6 is 0 Å². The van der Waals surface area contributed by atoms with Gasteiger partial charge in [-0.05, 0) is 12.2 Å². The number of nitrogens with zero attached hydrogens (tertiary/aromatic N) is 1. The summed E-state index contributed by atoms with van der Waals surface area (Å²) in [6, 6.07) is 0. The van der Waals surface area contributed by atoms with E-state index in [9.17, 15) is 4.39 Å². The molecule has 0 aromatic carbocycles. The second-order valence-corrected chi connectivity index (χ2v) is 2.80. The van der Waals surface area contributed by atoms with Gasteiger partial charge in [0.1, 0.15) is 6.67 Å². The molecule has 1 nitrogen and oxygen atoms in total. The Morgan fingerprint density at radius 3 is 3.08 bits per heavy atom. The standard InChI is InChI=1S/C10H10FN/c11-8-9-4-3-7-12-6-2-1-5-10(9)12/h1-5,7H,6,8H2. The van der Waals surface area contributed by atoms with Crippen LogP contribution in [0.5, 0.6) is 0 Å². The van der Waals surface area contributed by atoms with Crippen LogP contribution in [0.1, 0.15) is 0 Å². The van der Waals surface area contributed by atoms with E-state index in [0.717, 1.165) is 17.8 Å². The molecule has 0 saturated heterocycles. The lowest BCUT2D eigenvalue weighted by atomic mass is 10.1. The molecule has 2 aliphatic heterocycles. The molecular formula is C10H10FN. The maximum atomic E-state index is 12.5. The van der Waals surface area contributed by atoms with Crippen molar-refractivity contribution in [1.82, 2.24) is 4.90 Å². The first-order valence-corrected chi connectivity index (χ1v) is 3.99. The highest BCUT2D eigenvalue weighted by atomic mass is 19.1. The van der Waals surface area contributed by atoms with Crippen LogP contribution < -0.4 is 0 Å². The van der Waals surface area contributed by atoms with Gasteiger partial charge in [0.05, 0.1) is 0 Å². The van der Waals surface area contributed by atoms with Gasteiger partial charge in [-0.1, -0.05) is 18.2 Å². The Morgan fingerprint density at radius 1 is 1.33 bits per heavy atom. The second kappa shape index (κ2) is 2.97. The van der Waals surface area contributed by atoms with Gasteiger partial charge in [-0.15, -0.1) is 0 Å². The Labute approximate surface area is 71.2 Å². The maximum Gasteiger partial charge on any atom is 0.117 e. The minimum atomic E-state index is -0.388. The number of alkyl halides is 1. The fourth-order valence-electron chi connectivity index (χ4n) is 1.42. The Kier molecular flexibility index (Phi) is 1.82. The van der Waals surface area contributed by atoms with Crippen LogP contribution in [0.4, 0.5) is 4.39 Å². The molecule has 0 aromatic heterocycles. The molecule has 0 radical (unpaired) electrons. The van der Waals surface area contributed by atoms with Crippen LogP contribution in [0.25, 0.3) is 0 Å². The molecule has 0 atom stereocenters. The molecule has 2 heterocycles. The Morgan fingerprint density at radius 2 is 2.25 bits per heavy atom. The van der Waals surface area contributed by atoms with Gasteiger partial charge in [-0.25, -0.2) is 4.39 Å². The van der Waals surface area contributed by atoms with Gasteiger partial charge in [0, 0.05) is 24.0 Å². The highest BCUT2D eigenvalue weighted by molar-refractivity contribution is 5.41. The summed E-state index contributed by atoms with van der Waals surface area (Å²) in [6.07, 6.45) is 11.6. The van der Waals surface area contributed by atoms with Gasteiger partial charge < -0.3 is 4.90 Å². The van der Waals surface area contributed by atoms with E-state index in [1.807, 2.05) is 35.4 Å². The lowest BCUT2D eigenvalue weighted by Crippen LogP contribution is -2.22. The molecule has 0 amide bonds. The first-order valence-electron chi connectivity index (χ1n) is 3.99. The predicted octanol–water partition coefficient (Wildman–Crippen LogP) is 2.17. The molecular weight excluding hydrogens is 153 g/mol. The van der Waals surface area contributed by atoms with Crippen molar-refractivity contribution < 1.29 is 4.39 Å². The zero-order chi connectivity index (χ0) is 8.39. The van der Waals surface area contributed by atoms with E-state index < -0.39 is 0 Å². The third-order valence-electron chi connectivity index (χ3n) is 2.04. The largest absolute Gasteiger partial charge is 0.344 e. The third kappa shape index (κ3) is 1.09. The van der Waals surface area contributed by atoms with Crippen molar-refractivity contribution in [2.75, 3.05) is 13.2 Å². The Hall–Kier alpha value is -1.31. The van der Waals surface area contributed by atoms with Crippen molar-refractivity contribution >= 4 is 0 Å². The SMILES string of the molecule is FCC1=CC=CN2CC=CC=C12.